The Hall–Kier alpha value is -2.77. The Balaban J connectivity index is 2.13. The summed E-state index contributed by atoms with van der Waals surface area (Å²) in [4.78, 5) is 36.8. The second kappa shape index (κ2) is 8.07. The molecule has 1 unspecified atom stereocenters. The lowest BCUT2D eigenvalue weighted by atomic mass is 9.99. The van der Waals surface area contributed by atoms with E-state index < -0.39 is 36.2 Å². The molecule has 1 amide bonds. The highest BCUT2D eigenvalue weighted by Crippen LogP contribution is 2.28. The van der Waals surface area contributed by atoms with E-state index in [1.165, 1.54) is 0 Å². The number of carbonyl (C=O) groups excluding carboxylic acids is 3. The molecule has 1 aromatic rings. The molecule has 1 aliphatic rings. The van der Waals surface area contributed by atoms with Gasteiger partial charge in [-0.1, -0.05) is 58.0 Å². The molecule has 0 radical (unpaired) electrons. The number of benzene rings is 1. The molecule has 1 saturated heterocycles. The molecular formula is C18H23NO7. The van der Waals surface area contributed by atoms with Crippen LogP contribution in [0.1, 0.15) is 33.3 Å². The average Bonchev–Trinajstić information content (AvgIpc) is 2.71. The number of hydrogen-bond acceptors (Lipinski definition) is 7. The number of hydrogen-bond donors (Lipinski definition) is 1. The van der Waals surface area contributed by atoms with Gasteiger partial charge in [0.25, 0.3) is 12.0 Å². The lowest BCUT2D eigenvalue weighted by Gasteiger charge is -2.31. The van der Waals surface area contributed by atoms with Crippen LogP contribution in [0.2, 0.25) is 0 Å². The lowest BCUT2D eigenvalue weighted by molar-refractivity contribution is -0.183. The smallest absolute Gasteiger partial charge is 0.445 e. The first-order chi connectivity index (χ1) is 12.2. The van der Waals surface area contributed by atoms with Crippen LogP contribution in [0.5, 0.6) is 0 Å². The monoisotopic (exact) mass is 365 g/mol. The van der Waals surface area contributed by atoms with E-state index in [1.807, 2.05) is 6.07 Å². The predicted octanol–water partition coefficient (Wildman–Crippen LogP) is 2.96. The number of alkyl carbamates (subject to hydrolysis) is 1. The quantitative estimate of drug-likeness (QED) is 0.632. The molecule has 142 valence electrons. The summed E-state index contributed by atoms with van der Waals surface area (Å²) in [5.74, 6) is -1.83. The maximum absolute atomic E-state index is 12.6. The molecule has 0 aliphatic carbocycles. The second-order valence-electron chi connectivity index (χ2n) is 6.56. The fourth-order valence-electron chi connectivity index (χ4n) is 2.27. The van der Waals surface area contributed by atoms with E-state index in [-0.39, 0.29) is 12.5 Å². The van der Waals surface area contributed by atoms with E-state index in [0.717, 1.165) is 5.56 Å². The largest absolute Gasteiger partial charge is 0.514 e. The van der Waals surface area contributed by atoms with Crippen LogP contribution in [-0.2, 0) is 30.3 Å². The number of esters is 1. The van der Waals surface area contributed by atoms with Gasteiger partial charge in [-0.2, -0.15) is 0 Å². The topological polar surface area (TPSA) is 100 Å². The molecular weight excluding hydrogens is 342 g/mol. The fourth-order valence-corrected chi connectivity index (χ4v) is 2.27. The number of amides is 1. The molecule has 1 aromatic carbocycles. The summed E-state index contributed by atoms with van der Waals surface area (Å²) in [6, 6.07) is 9.02. The van der Waals surface area contributed by atoms with Crippen LogP contribution in [0, 0.1) is 11.8 Å². The highest BCUT2D eigenvalue weighted by atomic mass is 16.8. The molecule has 0 bridgehead atoms. The van der Waals surface area contributed by atoms with Gasteiger partial charge in [-0.15, -0.1) is 0 Å². The van der Waals surface area contributed by atoms with Crippen LogP contribution in [0.3, 0.4) is 0 Å². The molecule has 0 saturated carbocycles. The van der Waals surface area contributed by atoms with Crippen LogP contribution >= 0.6 is 0 Å². The third kappa shape index (κ3) is 4.44. The lowest BCUT2D eigenvalue weighted by Crippen LogP contribution is -2.60. The van der Waals surface area contributed by atoms with Crippen molar-refractivity contribution < 1.29 is 33.3 Å². The van der Waals surface area contributed by atoms with E-state index in [2.05, 4.69) is 5.32 Å². The molecule has 1 fully saturated rings. The van der Waals surface area contributed by atoms with Crippen LogP contribution in [-0.4, -0.2) is 30.2 Å². The zero-order valence-corrected chi connectivity index (χ0v) is 15.2. The van der Waals surface area contributed by atoms with Gasteiger partial charge in [0.2, 0.25) is 0 Å². The number of nitrogens with one attached hydrogen (secondary N) is 1. The summed E-state index contributed by atoms with van der Waals surface area (Å²) in [6.45, 7) is 6.63. The molecule has 8 heteroatoms. The molecule has 8 nitrogen and oxygen atoms in total. The van der Waals surface area contributed by atoms with Gasteiger partial charge >= 0.3 is 18.2 Å². The summed E-state index contributed by atoms with van der Waals surface area (Å²) in [5.41, 5.74) is -1.26. The first-order valence-corrected chi connectivity index (χ1v) is 8.34. The van der Waals surface area contributed by atoms with E-state index in [0.29, 0.717) is 0 Å². The Bertz CT molecular complexity index is 659. The van der Waals surface area contributed by atoms with Crippen molar-refractivity contribution in [3.63, 3.8) is 0 Å². The minimum absolute atomic E-state index is 0.00500. The van der Waals surface area contributed by atoms with Crippen molar-refractivity contribution in [2.24, 2.45) is 11.8 Å². The fraction of sp³-hybridized carbons (Fsp3) is 0.500. The van der Waals surface area contributed by atoms with Crippen LogP contribution in [0.15, 0.2) is 30.3 Å². The summed E-state index contributed by atoms with van der Waals surface area (Å²) < 4.78 is 20.4. The Kier molecular flexibility index (Phi) is 6.07. The number of ether oxygens (including phenoxy) is 4. The molecule has 26 heavy (non-hydrogen) atoms. The van der Waals surface area contributed by atoms with Gasteiger partial charge in [0.05, 0.1) is 0 Å². The Morgan fingerprint density at radius 3 is 2.38 bits per heavy atom. The Morgan fingerprint density at radius 2 is 1.81 bits per heavy atom. The first kappa shape index (κ1) is 19.6. The molecule has 1 heterocycles. The Morgan fingerprint density at radius 1 is 1.15 bits per heavy atom. The van der Waals surface area contributed by atoms with Gasteiger partial charge in [-0.3, -0.25) is 5.32 Å². The minimum atomic E-state index is -2.03. The average molecular weight is 365 g/mol. The summed E-state index contributed by atoms with van der Waals surface area (Å²) >= 11 is 0. The molecule has 2 atom stereocenters. The molecule has 0 aromatic heterocycles. The second-order valence-corrected chi connectivity index (χ2v) is 6.56. The standard InChI is InChI=1S/C18H23NO7/c1-11(2)14-24-15(20)18(12(3)4,26-17(22)25-14)19-16(21)23-10-13-8-6-5-7-9-13/h5-9,11-12,14H,10H2,1-4H3,(H,19,21)/t14?,18-/m1/s1. The normalized spacial score (nSPS) is 22.9. The van der Waals surface area contributed by atoms with Gasteiger partial charge in [0.15, 0.2) is 0 Å². The van der Waals surface area contributed by atoms with E-state index >= 15 is 0 Å². The van der Waals surface area contributed by atoms with Crippen LogP contribution in [0.4, 0.5) is 9.59 Å². The van der Waals surface area contributed by atoms with Crippen LogP contribution < -0.4 is 5.32 Å². The van der Waals surface area contributed by atoms with Crippen molar-refractivity contribution in [3.8, 4) is 0 Å². The maximum atomic E-state index is 12.6. The molecule has 1 N–H and O–H groups in total. The van der Waals surface area contributed by atoms with Gasteiger partial charge in [0.1, 0.15) is 6.61 Å². The van der Waals surface area contributed by atoms with Crippen molar-refractivity contribution in [3.05, 3.63) is 35.9 Å². The van der Waals surface area contributed by atoms with Gasteiger partial charge in [-0.25, -0.2) is 14.4 Å². The van der Waals surface area contributed by atoms with Crippen molar-refractivity contribution in [1.29, 1.82) is 0 Å². The van der Waals surface area contributed by atoms with Crippen molar-refractivity contribution >= 4 is 18.2 Å². The molecule has 2 rings (SSSR count). The number of cyclic esters (lactones) is 3. The number of rotatable bonds is 5. The summed E-state index contributed by atoms with van der Waals surface area (Å²) in [5, 5.41) is 2.32. The summed E-state index contributed by atoms with van der Waals surface area (Å²) in [6.07, 6.45) is -3.13. The third-order valence-electron chi connectivity index (χ3n) is 3.84. The van der Waals surface area contributed by atoms with E-state index in [4.69, 9.17) is 18.9 Å². The van der Waals surface area contributed by atoms with E-state index in [9.17, 15) is 14.4 Å². The predicted molar refractivity (Wildman–Crippen MR) is 89.6 cm³/mol. The van der Waals surface area contributed by atoms with Crippen molar-refractivity contribution in [2.75, 3.05) is 0 Å². The highest BCUT2D eigenvalue weighted by molar-refractivity contribution is 5.87. The first-order valence-electron chi connectivity index (χ1n) is 8.34. The zero-order valence-electron chi connectivity index (χ0n) is 15.2. The Labute approximate surface area is 151 Å². The highest BCUT2D eigenvalue weighted by Gasteiger charge is 2.53. The molecule has 0 spiro atoms. The van der Waals surface area contributed by atoms with Gasteiger partial charge in [-0.05, 0) is 5.56 Å². The third-order valence-corrected chi connectivity index (χ3v) is 3.84. The zero-order chi connectivity index (χ0) is 19.3. The minimum Gasteiger partial charge on any atom is -0.445 e. The van der Waals surface area contributed by atoms with Crippen molar-refractivity contribution in [1.82, 2.24) is 5.32 Å². The van der Waals surface area contributed by atoms with Gasteiger partial charge < -0.3 is 18.9 Å². The molecule has 1 aliphatic heterocycles. The maximum Gasteiger partial charge on any atom is 0.514 e. The van der Waals surface area contributed by atoms with Crippen molar-refractivity contribution in [2.45, 2.75) is 46.3 Å². The SMILES string of the molecule is CC(C)C1OC(=O)O[C@](NC(=O)OCc2ccccc2)(C(C)C)C(=O)O1. The van der Waals surface area contributed by atoms with Crippen LogP contribution in [0.25, 0.3) is 0 Å². The number of carbonyl (C=O) groups is 3. The van der Waals surface area contributed by atoms with Gasteiger partial charge in [0, 0.05) is 11.8 Å². The summed E-state index contributed by atoms with van der Waals surface area (Å²) in [7, 11) is 0. The van der Waals surface area contributed by atoms with E-state index in [1.54, 1.807) is 52.0 Å².